The largest absolute Gasteiger partial charge is 0.455 e. The third-order valence-electron chi connectivity index (χ3n) is 12.3. The predicted molar refractivity (Wildman–Crippen MR) is 235 cm³/mol. The molecule has 55 heavy (non-hydrogen) atoms. The molecule has 1 heterocycles. The van der Waals surface area contributed by atoms with Crippen molar-refractivity contribution in [3.63, 3.8) is 0 Å². The molecule has 0 radical (unpaired) electrons. The molecule has 0 bridgehead atoms. The summed E-state index contributed by atoms with van der Waals surface area (Å²) in [5.74, 6) is 0. The molecule has 0 aliphatic heterocycles. The second-order valence-electron chi connectivity index (χ2n) is 15.2. The molecular weight excluding hydrogens is 665 g/mol. The van der Waals surface area contributed by atoms with Crippen LogP contribution in [0.25, 0.3) is 131 Å². The minimum atomic E-state index is 0.907. The van der Waals surface area contributed by atoms with Gasteiger partial charge in [0.1, 0.15) is 11.2 Å². The molecule has 0 aliphatic carbocycles. The average molecular weight is 695 g/mol. The number of hydrogen-bond acceptors (Lipinski definition) is 1. The van der Waals surface area contributed by atoms with Gasteiger partial charge in [-0.1, -0.05) is 146 Å². The Bertz CT molecular complexity index is 3510. The monoisotopic (exact) mass is 694 g/mol. The zero-order chi connectivity index (χ0) is 35.8. The van der Waals surface area contributed by atoms with Crippen LogP contribution in [0, 0.1) is 0 Å². The van der Waals surface area contributed by atoms with Crippen LogP contribution >= 0.6 is 0 Å². The van der Waals surface area contributed by atoms with Crippen molar-refractivity contribution in [1.82, 2.24) is 0 Å². The molecule has 0 saturated carbocycles. The van der Waals surface area contributed by atoms with Gasteiger partial charge in [0.05, 0.1) is 0 Å². The first kappa shape index (κ1) is 29.3. The molecule has 0 spiro atoms. The first-order valence-corrected chi connectivity index (χ1v) is 19.1. The lowest BCUT2D eigenvalue weighted by Gasteiger charge is -2.18. The van der Waals surface area contributed by atoms with Crippen molar-refractivity contribution in [2.75, 3.05) is 0 Å². The van der Waals surface area contributed by atoms with Gasteiger partial charge in [0.15, 0.2) is 0 Å². The van der Waals surface area contributed by atoms with Gasteiger partial charge in [-0.15, -0.1) is 0 Å². The highest BCUT2D eigenvalue weighted by molar-refractivity contribution is 6.27. The second-order valence-corrected chi connectivity index (χ2v) is 15.2. The molecule has 0 saturated heterocycles. The van der Waals surface area contributed by atoms with E-state index in [-0.39, 0.29) is 0 Å². The fourth-order valence-electron chi connectivity index (χ4n) is 9.76. The van der Waals surface area contributed by atoms with E-state index in [1.807, 2.05) is 0 Å². The zero-order valence-corrected chi connectivity index (χ0v) is 29.7. The van der Waals surface area contributed by atoms with E-state index >= 15 is 0 Å². The second kappa shape index (κ2) is 10.7. The third kappa shape index (κ3) is 4.07. The number of rotatable bonds is 3. The van der Waals surface area contributed by atoms with Gasteiger partial charge in [-0.2, -0.15) is 0 Å². The van der Waals surface area contributed by atoms with Gasteiger partial charge in [-0.25, -0.2) is 0 Å². The number of fused-ring (bicyclic) bond motifs is 5. The molecule has 0 unspecified atom stereocenters. The highest BCUT2D eigenvalue weighted by Crippen LogP contribution is 2.45. The van der Waals surface area contributed by atoms with E-state index in [0.29, 0.717) is 0 Å². The van der Waals surface area contributed by atoms with Crippen molar-refractivity contribution < 1.29 is 4.42 Å². The summed E-state index contributed by atoms with van der Waals surface area (Å²) in [5.41, 5.74) is 9.11. The number of hydrogen-bond donors (Lipinski definition) is 0. The topological polar surface area (TPSA) is 13.1 Å². The molecule has 0 fully saturated rings. The Balaban J connectivity index is 1.10. The van der Waals surface area contributed by atoms with Gasteiger partial charge in [0, 0.05) is 16.2 Å². The van der Waals surface area contributed by atoms with Gasteiger partial charge in [0.2, 0.25) is 0 Å². The summed E-state index contributed by atoms with van der Waals surface area (Å²) in [6.07, 6.45) is 0. The Labute approximate surface area is 315 Å². The van der Waals surface area contributed by atoms with Crippen molar-refractivity contribution in [1.29, 1.82) is 0 Å². The minimum absolute atomic E-state index is 0.907. The van der Waals surface area contributed by atoms with Gasteiger partial charge in [0.25, 0.3) is 0 Å². The fraction of sp³-hybridized carbons (Fsp3) is 0. The molecule has 1 nitrogen and oxygen atoms in total. The lowest BCUT2D eigenvalue weighted by atomic mass is 9.86. The van der Waals surface area contributed by atoms with E-state index < -0.39 is 0 Å². The summed E-state index contributed by atoms with van der Waals surface area (Å²) in [4.78, 5) is 0. The Morgan fingerprint density at radius 1 is 0.255 bits per heavy atom. The summed E-state index contributed by atoms with van der Waals surface area (Å²) < 4.78 is 6.55. The first-order chi connectivity index (χ1) is 27.2. The highest BCUT2D eigenvalue weighted by Gasteiger charge is 2.18. The summed E-state index contributed by atoms with van der Waals surface area (Å²) in [5, 5.41) is 20.2. The molecule has 1 heteroatoms. The summed E-state index contributed by atoms with van der Waals surface area (Å²) in [6, 6.07) is 67.6. The van der Waals surface area contributed by atoms with Gasteiger partial charge >= 0.3 is 0 Å². The first-order valence-electron chi connectivity index (χ1n) is 19.1. The number of benzene rings is 12. The van der Waals surface area contributed by atoms with E-state index in [1.54, 1.807) is 0 Å². The Morgan fingerprint density at radius 2 is 0.727 bits per heavy atom. The molecule has 0 atom stereocenters. The van der Waals surface area contributed by atoms with E-state index in [4.69, 9.17) is 4.42 Å². The normalized spacial score (nSPS) is 12.4. The van der Waals surface area contributed by atoms with E-state index in [2.05, 4.69) is 182 Å². The molecule has 13 aromatic rings. The maximum Gasteiger partial charge on any atom is 0.143 e. The van der Waals surface area contributed by atoms with Crippen molar-refractivity contribution in [3.05, 3.63) is 182 Å². The van der Waals surface area contributed by atoms with E-state index in [1.165, 1.54) is 103 Å². The SMILES string of the molecule is c1ccc2c(c1)ccc1c3cc(-c4cc(-c5ccc6ccc7cccc8ccc5c6c78)cc(-c5ccc6ccc7cccc8ccc5c6c78)c4)ccc3oc21. The van der Waals surface area contributed by atoms with Crippen LogP contribution in [0.2, 0.25) is 0 Å². The van der Waals surface area contributed by atoms with Crippen LogP contribution in [-0.2, 0) is 0 Å². The predicted octanol–water partition coefficient (Wildman–Crippen LogP) is 15.5. The van der Waals surface area contributed by atoms with Crippen molar-refractivity contribution >= 4 is 97.3 Å². The molecule has 252 valence electrons. The zero-order valence-electron chi connectivity index (χ0n) is 29.7. The highest BCUT2D eigenvalue weighted by atomic mass is 16.3. The van der Waals surface area contributed by atoms with Crippen LogP contribution in [-0.4, -0.2) is 0 Å². The summed E-state index contributed by atoms with van der Waals surface area (Å²) in [6.45, 7) is 0. The molecule has 12 aromatic carbocycles. The lowest BCUT2D eigenvalue weighted by Crippen LogP contribution is -1.91. The smallest absolute Gasteiger partial charge is 0.143 e. The van der Waals surface area contributed by atoms with Crippen LogP contribution in [0.5, 0.6) is 0 Å². The molecule has 0 amide bonds. The van der Waals surface area contributed by atoms with Crippen molar-refractivity contribution in [2.45, 2.75) is 0 Å². The maximum absolute atomic E-state index is 6.55. The van der Waals surface area contributed by atoms with Crippen LogP contribution in [0.15, 0.2) is 186 Å². The van der Waals surface area contributed by atoms with E-state index in [0.717, 1.165) is 27.3 Å². The van der Waals surface area contributed by atoms with Gasteiger partial charge < -0.3 is 4.42 Å². The van der Waals surface area contributed by atoms with Crippen molar-refractivity contribution in [3.8, 4) is 33.4 Å². The molecule has 13 rings (SSSR count). The number of furan rings is 1. The van der Waals surface area contributed by atoms with Gasteiger partial charge in [-0.3, -0.25) is 0 Å². The third-order valence-corrected chi connectivity index (χ3v) is 12.3. The van der Waals surface area contributed by atoms with Crippen LogP contribution < -0.4 is 0 Å². The van der Waals surface area contributed by atoms with Crippen LogP contribution in [0.3, 0.4) is 0 Å². The molecular formula is C54H30O. The Morgan fingerprint density at radius 3 is 1.35 bits per heavy atom. The van der Waals surface area contributed by atoms with Crippen LogP contribution in [0.1, 0.15) is 0 Å². The van der Waals surface area contributed by atoms with Crippen LogP contribution in [0.4, 0.5) is 0 Å². The summed E-state index contributed by atoms with van der Waals surface area (Å²) >= 11 is 0. The average Bonchev–Trinajstić information content (AvgIpc) is 3.63. The molecule has 0 N–H and O–H groups in total. The Kier molecular flexibility index (Phi) is 5.69. The molecule has 0 aliphatic rings. The standard InChI is InChI=1S/C54H30O/c1-2-10-44-31(5-1)15-25-47-48-30-38(20-26-49(48)55-54(44)47)39-27-40(42-21-16-36-13-11-32-6-3-8-34-18-23-45(42)52(36)50(32)34)29-41(28-39)43-22-17-37-14-12-33-7-4-9-35-19-24-46(43)53(37)51(33)35/h1-30H. The van der Waals surface area contributed by atoms with Crippen molar-refractivity contribution in [2.24, 2.45) is 0 Å². The quantitative estimate of drug-likeness (QED) is 0.168. The Hall–Kier alpha value is -7.22. The molecule has 1 aromatic heterocycles. The van der Waals surface area contributed by atoms with E-state index in [9.17, 15) is 0 Å². The lowest BCUT2D eigenvalue weighted by molar-refractivity contribution is 0.672. The minimum Gasteiger partial charge on any atom is -0.455 e. The fourth-order valence-corrected chi connectivity index (χ4v) is 9.76. The van der Waals surface area contributed by atoms with Gasteiger partial charge in [-0.05, 0) is 140 Å². The maximum atomic E-state index is 6.55. The summed E-state index contributed by atoms with van der Waals surface area (Å²) in [7, 11) is 0.